The van der Waals surface area contributed by atoms with E-state index in [9.17, 15) is 9.59 Å². The number of aryl methyl sites for hydroxylation is 1. The molecule has 0 saturated carbocycles. The van der Waals surface area contributed by atoms with Gasteiger partial charge in [0.05, 0.1) is 7.11 Å². The molecule has 0 radical (unpaired) electrons. The first-order chi connectivity index (χ1) is 8.06. The Kier molecular flexibility index (Phi) is 4.51. The number of benzene rings is 1. The highest BCUT2D eigenvalue weighted by molar-refractivity contribution is 5.91. The second-order valence-electron chi connectivity index (χ2n) is 3.52. The molecule has 2 amide bonds. The first-order valence-corrected chi connectivity index (χ1v) is 5.32. The summed E-state index contributed by atoms with van der Waals surface area (Å²) in [7, 11) is 1.30. The van der Waals surface area contributed by atoms with Crippen molar-refractivity contribution in [2.45, 2.75) is 20.3 Å². The van der Waals surface area contributed by atoms with Crippen molar-refractivity contribution in [2.24, 2.45) is 0 Å². The molecule has 0 heterocycles. The summed E-state index contributed by atoms with van der Waals surface area (Å²) in [6.45, 7) is 3.41. The van der Waals surface area contributed by atoms with E-state index in [2.05, 4.69) is 15.4 Å². The van der Waals surface area contributed by atoms with Crippen molar-refractivity contribution < 1.29 is 14.3 Å². The van der Waals surface area contributed by atoms with Gasteiger partial charge < -0.3 is 10.1 Å². The van der Waals surface area contributed by atoms with Gasteiger partial charge in [-0.05, 0) is 24.1 Å². The van der Waals surface area contributed by atoms with Crippen LogP contribution in [0.3, 0.4) is 0 Å². The Morgan fingerprint density at radius 3 is 2.53 bits per heavy atom. The number of rotatable bonds is 3. The van der Waals surface area contributed by atoms with E-state index < -0.39 is 6.09 Å². The standard InChI is InChI=1S/C12H16N2O3/c1-4-9-5-6-10(13-8(2)15)7-11(9)14-12(16)17-3/h5-7H,4H2,1-3H3,(H,13,15)(H,14,16). The number of carbonyl (C=O) groups is 2. The van der Waals surface area contributed by atoms with Crippen molar-refractivity contribution in [1.82, 2.24) is 0 Å². The molecule has 1 rings (SSSR count). The van der Waals surface area contributed by atoms with E-state index >= 15 is 0 Å². The number of nitrogens with one attached hydrogen (secondary N) is 2. The minimum atomic E-state index is -0.528. The molecule has 0 spiro atoms. The first kappa shape index (κ1) is 13.0. The summed E-state index contributed by atoms with van der Waals surface area (Å²) in [4.78, 5) is 22.1. The molecule has 0 saturated heterocycles. The molecule has 0 atom stereocenters. The average molecular weight is 236 g/mol. The Labute approximate surface area is 100 Å². The van der Waals surface area contributed by atoms with Crippen LogP contribution in [0.1, 0.15) is 19.4 Å². The van der Waals surface area contributed by atoms with Crippen LogP contribution in [0.25, 0.3) is 0 Å². The molecule has 0 aliphatic heterocycles. The lowest BCUT2D eigenvalue weighted by Crippen LogP contribution is -2.13. The van der Waals surface area contributed by atoms with Gasteiger partial charge in [-0.1, -0.05) is 13.0 Å². The Hall–Kier alpha value is -2.04. The number of methoxy groups -OCH3 is 1. The third-order valence-corrected chi connectivity index (χ3v) is 2.23. The smallest absolute Gasteiger partial charge is 0.411 e. The molecular formula is C12H16N2O3. The molecule has 0 aromatic heterocycles. The topological polar surface area (TPSA) is 67.4 Å². The van der Waals surface area contributed by atoms with Gasteiger partial charge in [0.25, 0.3) is 0 Å². The van der Waals surface area contributed by atoms with Crippen molar-refractivity contribution in [3.05, 3.63) is 23.8 Å². The van der Waals surface area contributed by atoms with Crippen molar-refractivity contribution in [1.29, 1.82) is 0 Å². The summed E-state index contributed by atoms with van der Waals surface area (Å²) >= 11 is 0. The largest absolute Gasteiger partial charge is 0.453 e. The molecule has 0 unspecified atom stereocenters. The molecule has 5 nitrogen and oxygen atoms in total. The SMILES string of the molecule is CCc1ccc(NC(C)=O)cc1NC(=O)OC. The maximum atomic E-state index is 11.2. The normalized spacial score (nSPS) is 9.59. The fourth-order valence-corrected chi connectivity index (χ4v) is 1.44. The number of anilines is 2. The Bertz CT molecular complexity index is 430. The predicted molar refractivity (Wildman–Crippen MR) is 66.2 cm³/mol. The summed E-state index contributed by atoms with van der Waals surface area (Å²) in [5, 5.41) is 5.27. The minimum Gasteiger partial charge on any atom is -0.453 e. The monoisotopic (exact) mass is 236 g/mol. The van der Waals surface area contributed by atoms with Gasteiger partial charge in [-0.3, -0.25) is 10.1 Å². The van der Waals surface area contributed by atoms with Gasteiger partial charge in [-0.25, -0.2) is 4.79 Å². The molecule has 0 aliphatic rings. The van der Waals surface area contributed by atoms with Crippen molar-refractivity contribution in [3.63, 3.8) is 0 Å². The Morgan fingerprint density at radius 2 is 2.00 bits per heavy atom. The van der Waals surface area contributed by atoms with Crippen LogP contribution < -0.4 is 10.6 Å². The van der Waals surface area contributed by atoms with Crippen LogP contribution in [0.2, 0.25) is 0 Å². The number of ether oxygens (including phenoxy) is 1. The Balaban J connectivity index is 2.97. The van der Waals surface area contributed by atoms with Crippen LogP contribution in [0.5, 0.6) is 0 Å². The summed E-state index contributed by atoms with van der Waals surface area (Å²) in [5.74, 6) is -0.154. The van der Waals surface area contributed by atoms with E-state index in [1.54, 1.807) is 12.1 Å². The van der Waals surface area contributed by atoms with E-state index in [0.717, 1.165) is 12.0 Å². The van der Waals surface area contributed by atoms with Gasteiger partial charge in [0.1, 0.15) is 0 Å². The predicted octanol–water partition coefficient (Wildman–Crippen LogP) is 2.39. The fourth-order valence-electron chi connectivity index (χ4n) is 1.44. The third-order valence-electron chi connectivity index (χ3n) is 2.23. The molecule has 2 N–H and O–H groups in total. The number of hydrogen-bond acceptors (Lipinski definition) is 3. The van der Waals surface area contributed by atoms with E-state index in [-0.39, 0.29) is 5.91 Å². The molecule has 5 heteroatoms. The first-order valence-electron chi connectivity index (χ1n) is 5.32. The molecule has 17 heavy (non-hydrogen) atoms. The molecule has 0 fully saturated rings. The zero-order valence-corrected chi connectivity index (χ0v) is 10.2. The van der Waals surface area contributed by atoms with Gasteiger partial charge in [-0.15, -0.1) is 0 Å². The van der Waals surface area contributed by atoms with Crippen LogP contribution in [0.4, 0.5) is 16.2 Å². The van der Waals surface area contributed by atoms with E-state index in [1.807, 2.05) is 13.0 Å². The summed E-state index contributed by atoms with van der Waals surface area (Å²) < 4.78 is 4.54. The van der Waals surface area contributed by atoms with Crippen LogP contribution in [0.15, 0.2) is 18.2 Å². The highest BCUT2D eigenvalue weighted by atomic mass is 16.5. The zero-order valence-electron chi connectivity index (χ0n) is 10.2. The van der Waals surface area contributed by atoms with Gasteiger partial charge in [-0.2, -0.15) is 0 Å². The highest BCUT2D eigenvalue weighted by Crippen LogP contribution is 2.21. The number of hydrogen-bond donors (Lipinski definition) is 2. The van der Waals surface area contributed by atoms with Crippen LogP contribution in [0, 0.1) is 0 Å². The number of carbonyl (C=O) groups excluding carboxylic acids is 2. The summed E-state index contributed by atoms with van der Waals surface area (Å²) in [5.41, 5.74) is 2.26. The summed E-state index contributed by atoms with van der Waals surface area (Å²) in [6.07, 6.45) is 0.249. The minimum absolute atomic E-state index is 0.154. The maximum Gasteiger partial charge on any atom is 0.411 e. The van der Waals surface area contributed by atoms with Crippen molar-refractivity contribution in [2.75, 3.05) is 17.7 Å². The van der Waals surface area contributed by atoms with Crippen molar-refractivity contribution in [3.8, 4) is 0 Å². The zero-order chi connectivity index (χ0) is 12.8. The maximum absolute atomic E-state index is 11.2. The molecule has 0 bridgehead atoms. The lowest BCUT2D eigenvalue weighted by atomic mass is 10.1. The molecule has 1 aromatic carbocycles. The third kappa shape index (κ3) is 3.79. The quantitative estimate of drug-likeness (QED) is 0.846. The second kappa shape index (κ2) is 5.89. The molecular weight excluding hydrogens is 220 g/mol. The van der Waals surface area contributed by atoms with Gasteiger partial charge in [0.15, 0.2) is 0 Å². The lowest BCUT2D eigenvalue weighted by Gasteiger charge is -2.11. The fraction of sp³-hybridized carbons (Fsp3) is 0.333. The van der Waals surface area contributed by atoms with Crippen LogP contribution >= 0.6 is 0 Å². The van der Waals surface area contributed by atoms with Gasteiger partial charge >= 0.3 is 6.09 Å². The van der Waals surface area contributed by atoms with Gasteiger partial charge in [0, 0.05) is 18.3 Å². The van der Waals surface area contributed by atoms with E-state index in [4.69, 9.17) is 0 Å². The molecule has 0 aliphatic carbocycles. The van der Waals surface area contributed by atoms with Crippen molar-refractivity contribution >= 4 is 23.4 Å². The Morgan fingerprint density at radius 1 is 1.29 bits per heavy atom. The molecule has 92 valence electrons. The number of amides is 2. The highest BCUT2D eigenvalue weighted by Gasteiger charge is 2.07. The van der Waals surface area contributed by atoms with Crippen LogP contribution in [-0.4, -0.2) is 19.1 Å². The summed E-state index contributed by atoms with van der Waals surface area (Å²) in [6, 6.07) is 5.36. The van der Waals surface area contributed by atoms with E-state index in [0.29, 0.717) is 11.4 Å². The lowest BCUT2D eigenvalue weighted by molar-refractivity contribution is -0.114. The molecule has 1 aromatic rings. The second-order valence-corrected chi connectivity index (χ2v) is 3.52. The average Bonchev–Trinajstić information content (AvgIpc) is 2.28. The van der Waals surface area contributed by atoms with Gasteiger partial charge in [0.2, 0.25) is 5.91 Å². The van der Waals surface area contributed by atoms with Crippen LogP contribution in [-0.2, 0) is 16.0 Å². The van der Waals surface area contributed by atoms with E-state index in [1.165, 1.54) is 14.0 Å².